The molecule has 4 heteroatoms. The Balaban J connectivity index is 1.78. The number of nitrogens with two attached hydrogens (primary N) is 1. The van der Waals surface area contributed by atoms with Gasteiger partial charge in [0, 0.05) is 5.92 Å². The third-order valence-electron chi connectivity index (χ3n) is 4.58. The Morgan fingerprint density at radius 1 is 1.00 bits per heavy atom. The van der Waals surface area contributed by atoms with Crippen molar-refractivity contribution in [3.63, 3.8) is 0 Å². The molecule has 0 spiro atoms. The van der Waals surface area contributed by atoms with Gasteiger partial charge in [0.05, 0.1) is 5.54 Å². The van der Waals surface area contributed by atoms with E-state index in [1.54, 1.807) is 0 Å². The van der Waals surface area contributed by atoms with Crippen molar-refractivity contribution in [1.82, 2.24) is 10.1 Å². The molecule has 2 aliphatic carbocycles. The first-order valence-corrected chi connectivity index (χ1v) is 7.41. The molecular weight excluding hydrogens is 226 g/mol. The second kappa shape index (κ2) is 5.00. The molecule has 0 saturated heterocycles. The van der Waals surface area contributed by atoms with Crippen LogP contribution >= 0.6 is 0 Å². The molecule has 0 atom stereocenters. The Hall–Kier alpha value is -0.900. The minimum absolute atomic E-state index is 0.361. The van der Waals surface area contributed by atoms with Gasteiger partial charge < -0.3 is 10.3 Å². The number of rotatable bonds is 2. The van der Waals surface area contributed by atoms with E-state index in [1.165, 1.54) is 51.4 Å². The molecule has 0 unspecified atom stereocenters. The van der Waals surface area contributed by atoms with Gasteiger partial charge in [-0.2, -0.15) is 4.98 Å². The fourth-order valence-electron chi connectivity index (χ4n) is 3.36. The van der Waals surface area contributed by atoms with Crippen LogP contribution in [0.5, 0.6) is 0 Å². The standard InChI is InChI=1S/C14H23N3O/c15-14(9-5-1-2-6-10-14)13-16-12(17-18-13)11-7-3-4-8-11/h11H,1-10,15H2. The van der Waals surface area contributed by atoms with Gasteiger partial charge in [-0.1, -0.05) is 43.7 Å². The van der Waals surface area contributed by atoms with E-state index in [1.807, 2.05) is 0 Å². The van der Waals surface area contributed by atoms with Gasteiger partial charge in [-0.25, -0.2) is 0 Å². The van der Waals surface area contributed by atoms with Crippen LogP contribution in [0.4, 0.5) is 0 Å². The fourth-order valence-corrected chi connectivity index (χ4v) is 3.36. The maximum Gasteiger partial charge on any atom is 0.246 e. The van der Waals surface area contributed by atoms with E-state index < -0.39 is 0 Å². The SMILES string of the molecule is NC1(c2nc(C3CCCC3)no2)CCCCCC1. The largest absolute Gasteiger partial charge is 0.337 e. The van der Waals surface area contributed by atoms with Crippen molar-refractivity contribution in [3.05, 3.63) is 11.7 Å². The average molecular weight is 249 g/mol. The predicted molar refractivity (Wildman–Crippen MR) is 69.1 cm³/mol. The molecule has 100 valence electrons. The molecule has 2 saturated carbocycles. The third-order valence-corrected chi connectivity index (χ3v) is 4.58. The van der Waals surface area contributed by atoms with Gasteiger partial charge in [0.15, 0.2) is 5.82 Å². The van der Waals surface area contributed by atoms with Crippen molar-refractivity contribution in [2.45, 2.75) is 75.7 Å². The van der Waals surface area contributed by atoms with Crippen molar-refractivity contribution in [2.24, 2.45) is 5.73 Å². The Morgan fingerprint density at radius 2 is 1.67 bits per heavy atom. The lowest BCUT2D eigenvalue weighted by Crippen LogP contribution is -2.36. The summed E-state index contributed by atoms with van der Waals surface area (Å²) in [6.07, 6.45) is 11.9. The summed E-state index contributed by atoms with van der Waals surface area (Å²) < 4.78 is 5.49. The minimum atomic E-state index is -0.361. The minimum Gasteiger partial charge on any atom is -0.337 e. The van der Waals surface area contributed by atoms with Crippen molar-refractivity contribution < 1.29 is 4.52 Å². The van der Waals surface area contributed by atoms with Crippen LogP contribution in [0.25, 0.3) is 0 Å². The summed E-state index contributed by atoms with van der Waals surface area (Å²) in [6, 6.07) is 0. The van der Waals surface area contributed by atoms with Crippen LogP contribution in [0, 0.1) is 0 Å². The molecule has 0 aliphatic heterocycles. The van der Waals surface area contributed by atoms with Crippen LogP contribution in [-0.4, -0.2) is 10.1 Å². The molecule has 0 amide bonds. The number of hydrogen-bond acceptors (Lipinski definition) is 4. The summed E-state index contributed by atoms with van der Waals surface area (Å²) in [5.74, 6) is 2.10. The van der Waals surface area contributed by atoms with E-state index in [0.717, 1.165) is 18.7 Å². The summed E-state index contributed by atoms with van der Waals surface area (Å²) in [5.41, 5.74) is 6.14. The molecule has 1 aromatic rings. The van der Waals surface area contributed by atoms with Crippen molar-refractivity contribution >= 4 is 0 Å². The van der Waals surface area contributed by atoms with Crippen LogP contribution in [0.1, 0.15) is 81.8 Å². The van der Waals surface area contributed by atoms with E-state index in [4.69, 9.17) is 10.3 Å². The van der Waals surface area contributed by atoms with Crippen molar-refractivity contribution in [2.75, 3.05) is 0 Å². The van der Waals surface area contributed by atoms with Gasteiger partial charge in [-0.15, -0.1) is 0 Å². The molecule has 0 aromatic carbocycles. The van der Waals surface area contributed by atoms with Gasteiger partial charge in [-0.3, -0.25) is 0 Å². The average Bonchev–Trinajstić information content (AvgIpc) is 3.00. The molecule has 2 fully saturated rings. The van der Waals surface area contributed by atoms with E-state index in [2.05, 4.69) is 10.1 Å². The van der Waals surface area contributed by atoms with Crippen LogP contribution in [0.3, 0.4) is 0 Å². The highest BCUT2D eigenvalue weighted by molar-refractivity contribution is 5.06. The highest BCUT2D eigenvalue weighted by Crippen LogP contribution is 2.36. The van der Waals surface area contributed by atoms with Crippen LogP contribution in [-0.2, 0) is 5.54 Å². The van der Waals surface area contributed by atoms with Gasteiger partial charge in [-0.05, 0) is 25.7 Å². The summed E-state index contributed by atoms with van der Waals surface area (Å²) in [6.45, 7) is 0. The zero-order valence-corrected chi connectivity index (χ0v) is 11.0. The highest BCUT2D eigenvalue weighted by Gasteiger charge is 2.35. The lowest BCUT2D eigenvalue weighted by atomic mass is 9.91. The maximum atomic E-state index is 6.50. The van der Waals surface area contributed by atoms with Crippen LogP contribution in [0.2, 0.25) is 0 Å². The lowest BCUT2D eigenvalue weighted by molar-refractivity contribution is 0.256. The van der Waals surface area contributed by atoms with Gasteiger partial charge in [0.2, 0.25) is 5.89 Å². The number of aromatic nitrogens is 2. The van der Waals surface area contributed by atoms with Gasteiger partial charge >= 0.3 is 0 Å². The molecule has 1 heterocycles. The molecule has 2 aliphatic rings. The zero-order chi connectivity index (χ0) is 12.4. The normalized spacial score (nSPS) is 25.2. The predicted octanol–water partition coefficient (Wildman–Crippen LogP) is 3.24. The second-order valence-electron chi connectivity index (χ2n) is 6.01. The quantitative estimate of drug-likeness (QED) is 0.817. The van der Waals surface area contributed by atoms with Crippen molar-refractivity contribution in [1.29, 1.82) is 0 Å². The van der Waals surface area contributed by atoms with Crippen LogP contribution < -0.4 is 5.73 Å². The third kappa shape index (κ3) is 2.30. The number of nitrogens with zero attached hydrogens (tertiary/aromatic N) is 2. The summed E-state index contributed by atoms with van der Waals surface area (Å²) in [5, 5.41) is 4.18. The summed E-state index contributed by atoms with van der Waals surface area (Å²) >= 11 is 0. The number of hydrogen-bond donors (Lipinski definition) is 1. The fraction of sp³-hybridized carbons (Fsp3) is 0.857. The van der Waals surface area contributed by atoms with Gasteiger partial charge in [0.1, 0.15) is 0 Å². The van der Waals surface area contributed by atoms with Gasteiger partial charge in [0.25, 0.3) is 0 Å². The molecule has 1 aromatic heterocycles. The van der Waals surface area contributed by atoms with Crippen molar-refractivity contribution in [3.8, 4) is 0 Å². The smallest absolute Gasteiger partial charge is 0.246 e. The Labute approximate surface area is 108 Å². The molecule has 0 bridgehead atoms. The van der Waals surface area contributed by atoms with E-state index in [9.17, 15) is 0 Å². The molecule has 2 N–H and O–H groups in total. The molecule has 3 rings (SSSR count). The highest BCUT2D eigenvalue weighted by atomic mass is 16.5. The molecule has 18 heavy (non-hydrogen) atoms. The Bertz CT molecular complexity index is 387. The summed E-state index contributed by atoms with van der Waals surface area (Å²) in [4.78, 5) is 4.63. The first kappa shape index (κ1) is 12.2. The Kier molecular flexibility index (Phi) is 3.37. The molecule has 4 nitrogen and oxygen atoms in total. The molecular formula is C14H23N3O. The first-order chi connectivity index (χ1) is 8.78. The van der Waals surface area contributed by atoms with E-state index >= 15 is 0 Å². The van der Waals surface area contributed by atoms with E-state index in [0.29, 0.717) is 11.8 Å². The molecule has 0 radical (unpaired) electrons. The topological polar surface area (TPSA) is 64.9 Å². The second-order valence-corrected chi connectivity index (χ2v) is 6.01. The first-order valence-electron chi connectivity index (χ1n) is 7.41. The summed E-state index contributed by atoms with van der Waals surface area (Å²) in [7, 11) is 0. The lowest BCUT2D eigenvalue weighted by Gasteiger charge is -2.22. The monoisotopic (exact) mass is 249 g/mol. The van der Waals surface area contributed by atoms with E-state index in [-0.39, 0.29) is 5.54 Å². The maximum absolute atomic E-state index is 6.50. The Morgan fingerprint density at radius 3 is 2.33 bits per heavy atom. The zero-order valence-electron chi connectivity index (χ0n) is 11.0. The van der Waals surface area contributed by atoms with Crippen LogP contribution in [0.15, 0.2) is 4.52 Å².